The lowest BCUT2D eigenvalue weighted by Gasteiger charge is -2.02. The number of aliphatic imine (C=N–C) groups is 1. The third-order valence-corrected chi connectivity index (χ3v) is 2.67. The number of rotatable bonds is 4. The van der Waals surface area contributed by atoms with Crippen molar-refractivity contribution in [2.75, 3.05) is 6.54 Å². The number of nitriles is 1. The van der Waals surface area contributed by atoms with Crippen LogP contribution in [0.1, 0.15) is 45.4 Å². The van der Waals surface area contributed by atoms with E-state index < -0.39 is 0 Å². The molecule has 1 rings (SSSR count). The Morgan fingerprint density at radius 3 is 2.69 bits per heavy atom. The first-order valence-electron chi connectivity index (χ1n) is 5.28. The van der Waals surface area contributed by atoms with Gasteiger partial charge in [-0.2, -0.15) is 5.26 Å². The van der Waals surface area contributed by atoms with Gasteiger partial charge in [-0.15, -0.1) is 0 Å². The first-order chi connectivity index (χ1) is 6.36. The minimum atomic E-state index is 0.214. The molecule has 1 aliphatic carbocycles. The van der Waals surface area contributed by atoms with E-state index in [1.54, 1.807) is 0 Å². The molecular formula is C11H18N2. The van der Waals surface area contributed by atoms with E-state index in [2.05, 4.69) is 18.0 Å². The Morgan fingerprint density at radius 2 is 2.15 bits per heavy atom. The van der Waals surface area contributed by atoms with E-state index in [4.69, 9.17) is 5.26 Å². The zero-order valence-electron chi connectivity index (χ0n) is 8.42. The van der Waals surface area contributed by atoms with Gasteiger partial charge in [0.15, 0.2) is 0 Å². The van der Waals surface area contributed by atoms with Crippen LogP contribution in [-0.4, -0.2) is 12.3 Å². The van der Waals surface area contributed by atoms with Crippen LogP contribution >= 0.6 is 0 Å². The van der Waals surface area contributed by atoms with Crippen molar-refractivity contribution in [1.82, 2.24) is 0 Å². The van der Waals surface area contributed by atoms with E-state index in [0.717, 1.165) is 19.4 Å². The van der Waals surface area contributed by atoms with Crippen molar-refractivity contribution in [1.29, 1.82) is 5.26 Å². The number of nitrogens with zero attached hydrogens (tertiary/aromatic N) is 2. The summed E-state index contributed by atoms with van der Waals surface area (Å²) in [6.07, 6.45) is 6.92. The largest absolute Gasteiger partial charge is 0.294 e. The van der Waals surface area contributed by atoms with E-state index in [-0.39, 0.29) is 5.92 Å². The van der Waals surface area contributed by atoms with Crippen LogP contribution in [0.25, 0.3) is 0 Å². The molecule has 13 heavy (non-hydrogen) atoms. The average molecular weight is 178 g/mol. The zero-order chi connectivity index (χ0) is 9.52. The van der Waals surface area contributed by atoms with Gasteiger partial charge in [0.25, 0.3) is 0 Å². The summed E-state index contributed by atoms with van der Waals surface area (Å²) in [5.74, 6) is 0.214. The van der Waals surface area contributed by atoms with E-state index in [1.165, 1.54) is 31.4 Å². The van der Waals surface area contributed by atoms with Gasteiger partial charge in [-0.1, -0.05) is 6.92 Å². The van der Waals surface area contributed by atoms with Crippen LogP contribution < -0.4 is 0 Å². The monoisotopic (exact) mass is 178 g/mol. The van der Waals surface area contributed by atoms with Gasteiger partial charge < -0.3 is 0 Å². The molecule has 0 heterocycles. The number of hydrogen-bond acceptors (Lipinski definition) is 2. The molecule has 0 saturated heterocycles. The van der Waals surface area contributed by atoms with Gasteiger partial charge in [0, 0.05) is 18.2 Å². The Morgan fingerprint density at radius 1 is 1.46 bits per heavy atom. The Kier molecular flexibility index (Phi) is 4.53. The lowest BCUT2D eigenvalue weighted by Crippen LogP contribution is -1.99. The predicted octanol–water partition coefficient (Wildman–Crippen LogP) is 2.94. The summed E-state index contributed by atoms with van der Waals surface area (Å²) in [5.41, 5.74) is 1.38. The van der Waals surface area contributed by atoms with Crippen LogP contribution in [0.2, 0.25) is 0 Å². The van der Waals surface area contributed by atoms with Crippen molar-refractivity contribution in [3.63, 3.8) is 0 Å². The van der Waals surface area contributed by atoms with Gasteiger partial charge in [-0.3, -0.25) is 4.99 Å². The smallest absolute Gasteiger partial charge is 0.0656 e. The van der Waals surface area contributed by atoms with Crippen molar-refractivity contribution < 1.29 is 0 Å². The summed E-state index contributed by atoms with van der Waals surface area (Å²) in [5, 5.41) is 8.72. The molecule has 0 N–H and O–H groups in total. The fraction of sp³-hybridized carbons (Fsp3) is 0.818. The second kappa shape index (κ2) is 5.75. The van der Waals surface area contributed by atoms with Gasteiger partial charge in [0.1, 0.15) is 0 Å². The maximum Gasteiger partial charge on any atom is 0.0656 e. The molecule has 0 aromatic heterocycles. The third-order valence-electron chi connectivity index (χ3n) is 2.67. The van der Waals surface area contributed by atoms with Gasteiger partial charge in [0.05, 0.1) is 6.07 Å². The molecule has 1 atom stereocenters. The quantitative estimate of drug-likeness (QED) is 0.652. The molecule has 0 aliphatic heterocycles. The first kappa shape index (κ1) is 10.2. The molecule has 1 fully saturated rings. The van der Waals surface area contributed by atoms with Crippen LogP contribution in [0.15, 0.2) is 4.99 Å². The summed E-state index contributed by atoms with van der Waals surface area (Å²) in [6.45, 7) is 2.93. The minimum Gasteiger partial charge on any atom is -0.294 e. The van der Waals surface area contributed by atoms with E-state index in [1.807, 2.05) is 0 Å². The van der Waals surface area contributed by atoms with Crippen LogP contribution in [0.3, 0.4) is 0 Å². The molecule has 0 aromatic rings. The highest BCUT2D eigenvalue weighted by atomic mass is 14.7. The van der Waals surface area contributed by atoms with Crippen molar-refractivity contribution in [2.24, 2.45) is 10.9 Å². The highest BCUT2D eigenvalue weighted by Crippen LogP contribution is 2.15. The van der Waals surface area contributed by atoms with Gasteiger partial charge in [-0.25, -0.2) is 0 Å². The normalized spacial score (nSPS) is 18.3. The molecule has 2 nitrogen and oxygen atoms in total. The van der Waals surface area contributed by atoms with Crippen molar-refractivity contribution in [2.45, 2.75) is 45.4 Å². The topological polar surface area (TPSA) is 36.1 Å². The molecule has 2 heteroatoms. The minimum absolute atomic E-state index is 0.214. The maximum atomic E-state index is 8.72. The predicted molar refractivity (Wildman–Crippen MR) is 54.8 cm³/mol. The van der Waals surface area contributed by atoms with Crippen LogP contribution in [0, 0.1) is 17.2 Å². The Hall–Kier alpha value is -0.840. The molecule has 72 valence electrons. The van der Waals surface area contributed by atoms with Crippen molar-refractivity contribution >= 4 is 5.71 Å². The fourth-order valence-corrected chi connectivity index (χ4v) is 1.68. The first-order valence-corrected chi connectivity index (χ1v) is 5.28. The second-order valence-electron chi connectivity index (χ2n) is 3.68. The molecule has 0 spiro atoms. The Bertz CT molecular complexity index is 205. The standard InChI is InChI=1S/C11H18N2/c1-2-10(9-12)7-8-13-11-5-3-4-6-11/h10H,2-8H2,1H3. The Labute approximate surface area is 80.7 Å². The summed E-state index contributed by atoms with van der Waals surface area (Å²) in [4.78, 5) is 4.52. The average Bonchev–Trinajstić information content (AvgIpc) is 2.65. The van der Waals surface area contributed by atoms with Crippen LogP contribution in [0.5, 0.6) is 0 Å². The summed E-state index contributed by atoms with van der Waals surface area (Å²) >= 11 is 0. The molecular weight excluding hydrogens is 160 g/mol. The lowest BCUT2D eigenvalue weighted by molar-refractivity contribution is 0.593. The lowest BCUT2D eigenvalue weighted by atomic mass is 10.1. The molecule has 0 amide bonds. The van der Waals surface area contributed by atoms with E-state index in [0.29, 0.717) is 0 Å². The van der Waals surface area contributed by atoms with Crippen molar-refractivity contribution in [3.8, 4) is 6.07 Å². The Balaban J connectivity index is 2.19. The zero-order valence-corrected chi connectivity index (χ0v) is 8.42. The summed E-state index contributed by atoms with van der Waals surface area (Å²) < 4.78 is 0. The summed E-state index contributed by atoms with van der Waals surface area (Å²) in [7, 11) is 0. The van der Waals surface area contributed by atoms with Crippen LogP contribution in [0.4, 0.5) is 0 Å². The maximum absolute atomic E-state index is 8.72. The fourth-order valence-electron chi connectivity index (χ4n) is 1.68. The molecule has 1 saturated carbocycles. The van der Waals surface area contributed by atoms with E-state index >= 15 is 0 Å². The van der Waals surface area contributed by atoms with Gasteiger partial charge >= 0.3 is 0 Å². The molecule has 0 aromatic carbocycles. The highest BCUT2D eigenvalue weighted by molar-refractivity contribution is 5.86. The van der Waals surface area contributed by atoms with Gasteiger partial charge in [0.2, 0.25) is 0 Å². The highest BCUT2D eigenvalue weighted by Gasteiger charge is 2.08. The SMILES string of the molecule is CCC(C#N)CCN=C1CCCC1. The van der Waals surface area contributed by atoms with Crippen molar-refractivity contribution in [3.05, 3.63) is 0 Å². The number of hydrogen-bond donors (Lipinski definition) is 0. The summed E-state index contributed by atoms with van der Waals surface area (Å²) in [6, 6.07) is 2.31. The van der Waals surface area contributed by atoms with E-state index in [9.17, 15) is 0 Å². The van der Waals surface area contributed by atoms with Crippen LogP contribution in [-0.2, 0) is 0 Å². The second-order valence-corrected chi connectivity index (χ2v) is 3.68. The molecule has 0 radical (unpaired) electrons. The van der Waals surface area contributed by atoms with Gasteiger partial charge in [-0.05, 0) is 38.5 Å². The molecule has 1 unspecified atom stereocenters. The third kappa shape index (κ3) is 3.59. The molecule has 1 aliphatic rings. The molecule has 0 bridgehead atoms.